The van der Waals surface area contributed by atoms with Crippen molar-refractivity contribution >= 4 is 79.9 Å². The number of nitro groups is 1. The van der Waals surface area contributed by atoms with Gasteiger partial charge in [0.05, 0.1) is 20.0 Å². The van der Waals surface area contributed by atoms with Gasteiger partial charge in [0.1, 0.15) is 11.6 Å². The highest BCUT2D eigenvalue weighted by atomic mass is 35.5. The summed E-state index contributed by atoms with van der Waals surface area (Å²) in [5.41, 5.74) is 3.22. The molecule has 43 heavy (non-hydrogen) atoms. The number of nitrogens with zero attached hydrogens (tertiary/aromatic N) is 3. The summed E-state index contributed by atoms with van der Waals surface area (Å²) in [6, 6.07) is 25.3. The van der Waals surface area contributed by atoms with E-state index in [1.54, 1.807) is 66.7 Å². The van der Waals surface area contributed by atoms with Crippen LogP contribution in [0.25, 0.3) is 16.3 Å². The molecule has 0 aliphatic carbocycles. The predicted molar refractivity (Wildman–Crippen MR) is 170 cm³/mol. The zero-order valence-electron chi connectivity index (χ0n) is 22.3. The lowest BCUT2D eigenvalue weighted by molar-refractivity contribution is -0.387. The second-order valence-corrected chi connectivity index (χ2v) is 12.0. The average molecular weight is 626 g/mol. The summed E-state index contributed by atoms with van der Waals surface area (Å²) in [6.07, 6.45) is 1.31. The maximum atomic E-state index is 12.6. The number of carbonyl (C=O) groups is 2. The maximum Gasteiger partial charge on any atom is 0.283 e. The molecule has 2 N–H and O–H groups in total. The minimum atomic E-state index is -0.620. The molecule has 0 radical (unpaired) electrons. The van der Waals surface area contributed by atoms with Gasteiger partial charge >= 0.3 is 0 Å². The molecule has 0 unspecified atom stereocenters. The Balaban J connectivity index is 1.33. The monoisotopic (exact) mass is 625 g/mol. The molecule has 0 bridgehead atoms. The van der Waals surface area contributed by atoms with Crippen molar-refractivity contribution in [3.05, 3.63) is 122 Å². The number of carbonyl (C=O) groups excluding carboxylic acids is 2. The van der Waals surface area contributed by atoms with Crippen molar-refractivity contribution in [3.8, 4) is 6.07 Å². The number of hydrogen-bond donors (Lipinski definition) is 2. The summed E-state index contributed by atoms with van der Waals surface area (Å²) >= 11 is 8.36. The third kappa shape index (κ3) is 7.25. The van der Waals surface area contributed by atoms with E-state index in [-0.39, 0.29) is 17.2 Å². The molecule has 5 aromatic rings. The Morgan fingerprint density at radius 1 is 1.00 bits per heavy atom. The maximum absolute atomic E-state index is 12.6. The number of fused-ring (bicyclic) bond motifs is 1. The van der Waals surface area contributed by atoms with Crippen LogP contribution in [0.1, 0.15) is 21.5 Å². The Morgan fingerprint density at radius 3 is 2.42 bits per heavy atom. The van der Waals surface area contributed by atoms with Crippen LogP contribution in [0.5, 0.6) is 0 Å². The summed E-state index contributed by atoms with van der Waals surface area (Å²) in [7, 11) is 0. The molecular formula is C31H20ClN5O4S2. The number of nitriles is 1. The largest absolute Gasteiger partial charge is 0.322 e. The summed E-state index contributed by atoms with van der Waals surface area (Å²) in [5.74, 6) is -0.905. The third-order valence-corrected chi connectivity index (χ3v) is 8.49. The van der Waals surface area contributed by atoms with Crippen molar-refractivity contribution in [1.29, 1.82) is 5.26 Å². The fraction of sp³-hybridized carbons (Fsp3) is 0.0323. The second-order valence-electron chi connectivity index (χ2n) is 9.20. The Hall–Kier alpha value is -5.02. The van der Waals surface area contributed by atoms with E-state index in [4.69, 9.17) is 11.6 Å². The Bertz CT molecular complexity index is 1950. The first-order valence-corrected chi connectivity index (χ1v) is 14.6. The van der Waals surface area contributed by atoms with E-state index >= 15 is 0 Å². The fourth-order valence-electron chi connectivity index (χ4n) is 3.93. The predicted octanol–water partition coefficient (Wildman–Crippen LogP) is 8.12. The Kier molecular flexibility index (Phi) is 8.82. The van der Waals surface area contributed by atoms with Crippen LogP contribution in [-0.4, -0.2) is 21.7 Å². The van der Waals surface area contributed by atoms with E-state index in [2.05, 4.69) is 15.6 Å². The van der Waals surface area contributed by atoms with E-state index < -0.39 is 10.8 Å². The van der Waals surface area contributed by atoms with Crippen LogP contribution in [-0.2, 0) is 4.79 Å². The van der Waals surface area contributed by atoms with Crippen molar-refractivity contribution in [3.63, 3.8) is 0 Å². The van der Waals surface area contributed by atoms with Crippen molar-refractivity contribution in [2.24, 2.45) is 0 Å². The summed E-state index contributed by atoms with van der Waals surface area (Å²) in [5, 5.41) is 27.5. The molecule has 0 aliphatic rings. The van der Waals surface area contributed by atoms with Crippen molar-refractivity contribution in [1.82, 2.24) is 4.98 Å². The highest BCUT2D eigenvalue weighted by Crippen LogP contribution is 2.40. The van der Waals surface area contributed by atoms with Gasteiger partial charge in [-0.25, -0.2) is 4.98 Å². The molecule has 0 spiro atoms. The molecule has 12 heteroatoms. The van der Waals surface area contributed by atoms with Crippen LogP contribution < -0.4 is 10.6 Å². The van der Waals surface area contributed by atoms with Crippen molar-refractivity contribution < 1.29 is 14.5 Å². The quantitative estimate of drug-likeness (QED) is 0.0768. The van der Waals surface area contributed by atoms with Crippen molar-refractivity contribution in [2.75, 3.05) is 10.6 Å². The molecule has 9 nitrogen and oxygen atoms in total. The Morgan fingerprint density at radius 2 is 1.72 bits per heavy atom. The molecule has 1 aromatic heterocycles. The minimum absolute atomic E-state index is 0.190. The van der Waals surface area contributed by atoms with Crippen LogP contribution in [0.3, 0.4) is 0 Å². The molecule has 4 aromatic carbocycles. The van der Waals surface area contributed by atoms with E-state index in [1.807, 2.05) is 25.1 Å². The number of thiazole rings is 1. The van der Waals surface area contributed by atoms with Gasteiger partial charge in [0.25, 0.3) is 17.5 Å². The smallest absolute Gasteiger partial charge is 0.283 e. The molecule has 212 valence electrons. The number of nitro benzene ring substituents is 1. The van der Waals surface area contributed by atoms with Gasteiger partial charge in [0.2, 0.25) is 0 Å². The molecule has 0 aliphatic heterocycles. The zero-order chi connectivity index (χ0) is 30.5. The highest BCUT2D eigenvalue weighted by molar-refractivity contribution is 8.01. The normalized spacial score (nSPS) is 11.1. The zero-order valence-corrected chi connectivity index (χ0v) is 24.7. The lowest BCUT2D eigenvalue weighted by atomic mass is 10.1. The van der Waals surface area contributed by atoms with E-state index in [0.29, 0.717) is 42.3 Å². The van der Waals surface area contributed by atoms with Gasteiger partial charge in [0.15, 0.2) is 4.34 Å². The van der Waals surface area contributed by atoms with Gasteiger partial charge in [-0.15, -0.1) is 11.3 Å². The molecule has 2 amide bonds. The SMILES string of the molecule is Cc1ccc(NC(=O)/C(C#N)=C/c2ccc(Sc3nc4ccc(NC(=O)c5ccc(Cl)cc5)cc4s3)c([N+](=O)[O-])c2)cc1. The van der Waals surface area contributed by atoms with Crippen LogP contribution in [0.4, 0.5) is 17.1 Å². The molecule has 0 fully saturated rings. The number of amides is 2. The Labute approximate surface area is 259 Å². The minimum Gasteiger partial charge on any atom is -0.322 e. The number of aryl methyl sites for hydroxylation is 1. The van der Waals surface area contributed by atoms with E-state index in [9.17, 15) is 25.0 Å². The van der Waals surface area contributed by atoms with Gasteiger partial charge in [-0.05, 0) is 79.2 Å². The van der Waals surface area contributed by atoms with Gasteiger partial charge in [-0.1, -0.05) is 47.1 Å². The van der Waals surface area contributed by atoms with Crippen LogP contribution >= 0.6 is 34.7 Å². The number of aromatic nitrogens is 1. The fourth-order valence-corrected chi connectivity index (χ4v) is 6.20. The van der Waals surface area contributed by atoms with E-state index in [0.717, 1.165) is 22.0 Å². The highest BCUT2D eigenvalue weighted by Gasteiger charge is 2.19. The summed E-state index contributed by atoms with van der Waals surface area (Å²) in [6.45, 7) is 1.92. The third-order valence-electron chi connectivity index (χ3n) is 6.10. The number of nitrogens with one attached hydrogen (secondary N) is 2. The van der Waals surface area contributed by atoms with Crippen molar-refractivity contribution in [2.45, 2.75) is 16.2 Å². The van der Waals surface area contributed by atoms with Gasteiger partial charge < -0.3 is 10.6 Å². The molecule has 5 rings (SSSR count). The summed E-state index contributed by atoms with van der Waals surface area (Å²) in [4.78, 5) is 41.6. The van der Waals surface area contributed by atoms with E-state index in [1.165, 1.54) is 23.5 Å². The topological polar surface area (TPSA) is 138 Å². The average Bonchev–Trinajstić information content (AvgIpc) is 3.39. The lowest BCUT2D eigenvalue weighted by Gasteiger charge is -2.05. The number of rotatable bonds is 8. The first kappa shape index (κ1) is 29.5. The molecular weight excluding hydrogens is 606 g/mol. The lowest BCUT2D eigenvalue weighted by Crippen LogP contribution is -2.13. The molecule has 0 saturated carbocycles. The number of anilines is 2. The first-order valence-electron chi connectivity index (χ1n) is 12.6. The number of benzene rings is 4. The molecule has 0 saturated heterocycles. The first-order chi connectivity index (χ1) is 20.7. The van der Waals surface area contributed by atoms with Crippen LogP contribution in [0, 0.1) is 28.4 Å². The van der Waals surface area contributed by atoms with Gasteiger partial charge in [-0.3, -0.25) is 19.7 Å². The van der Waals surface area contributed by atoms with Crippen LogP contribution in [0.2, 0.25) is 5.02 Å². The second kappa shape index (κ2) is 12.9. The summed E-state index contributed by atoms with van der Waals surface area (Å²) < 4.78 is 1.36. The number of halogens is 1. The molecule has 0 atom stereocenters. The number of hydrogen-bond acceptors (Lipinski definition) is 8. The van der Waals surface area contributed by atoms with Gasteiger partial charge in [0, 0.05) is 28.0 Å². The molecule has 1 heterocycles. The van der Waals surface area contributed by atoms with Gasteiger partial charge in [-0.2, -0.15) is 5.26 Å². The van der Waals surface area contributed by atoms with Crippen LogP contribution in [0.15, 0.2) is 99.7 Å². The standard InChI is InChI=1S/C31H20ClN5O4S2/c1-18-2-9-23(10-3-18)34-30(39)21(17-33)14-19-4-13-27(26(15-19)37(40)41)42-31-36-25-12-11-24(16-28(25)43-31)35-29(38)20-5-7-22(32)8-6-20/h2-16H,1H3,(H,34,39)(H,35,38)/b21-14+.